The molecule has 0 saturated heterocycles. The number of H-pyrrole nitrogens is 1. The monoisotopic (exact) mass is 495 g/mol. The van der Waals surface area contributed by atoms with Crippen molar-refractivity contribution in [1.82, 2.24) is 25.0 Å². The third kappa shape index (κ3) is 4.12. The van der Waals surface area contributed by atoms with Gasteiger partial charge in [0.2, 0.25) is 0 Å². The topological polar surface area (TPSA) is 94.9 Å². The van der Waals surface area contributed by atoms with Crippen LogP contribution in [0.4, 0.5) is 0 Å². The summed E-state index contributed by atoms with van der Waals surface area (Å²) in [5, 5.41) is 8.21. The summed E-state index contributed by atoms with van der Waals surface area (Å²) in [5.41, 5.74) is 2.03. The van der Waals surface area contributed by atoms with E-state index in [9.17, 15) is 4.79 Å². The molecule has 8 nitrogen and oxygen atoms in total. The summed E-state index contributed by atoms with van der Waals surface area (Å²) in [4.78, 5) is 20.3. The second kappa shape index (κ2) is 8.74. The Kier molecular flexibility index (Phi) is 5.65. The fourth-order valence-electron chi connectivity index (χ4n) is 3.98. The van der Waals surface area contributed by atoms with Gasteiger partial charge in [-0.3, -0.25) is 4.79 Å². The molecule has 2 heterocycles. The van der Waals surface area contributed by atoms with Gasteiger partial charge >= 0.3 is 0 Å². The fraction of sp³-hybridized carbons (Fsp3) is 0.304. The van der Waals surface area contributed by atoms with Gasteiger partial charge in [0.05, 0.1) is 25.3 Å². The van der Waals surface area contributed by atoms with Gasteiger partial charge < -0.3 is 14.5 Å². The van der Waals surface area contributed by atoms with Crippen LogP contribution in [0, 0.1) is 0 Å². The lowest BCUT2D eigenvalue weighted by atomic mass is 10.1. The van der Waals surface area contributed by atoms with Gasteiger partial charge in [-0.2, -0.15) is 0 Å². The number of halogens is 1. The van der Waals surface area contributed by atoms with Crippen LogP contribution in [0.2, 0.25) is 0 Å². The van der Waals surface area contributed by atoms with Crippen LogP contribution in [0.15, 0.2) is 51.7 Å². The lowest BCUT2D eigenvalue weighted by Gasteiger charge is -2.16. The molecule has 0 amide bonds. The Morgan fingerprint density at radius 1 is 1.16 bits per heavy atom. The second-order valence-corrected chi connectivity index (χ2v) is 8.76. The van der Waals surface area contributed by atoms with Gasteiger partial charge in [0.1, 0.15) is 17.3 Å². The van der Waals surface area contributed by atoms with E-state index in [0.717, 1.165) is 34.2 Å². The van der Waals surface area contributed by atoms with Gasteiger partial charge in [-0.25, -0.2) is 9.67 Å². The predicted molar refractivity (Wildman–Crippen MR) is 124 cm³/mol. The van der Waals surface area contributed by atoms with Gasteiger partial charge in [0.25, 0.3) is 5.56 Å². The normalized spacial score (nSPS) is 14.2. The highest BCUT2D eigenvalue weighted by Gasteiger charge is 2.21. The molecule has 2 aromatic carbocycles. The molecule has 0 spiro atoms. The zero-order valence-corrected chi connectivity index (χ0v) is 19.1. The highest BCUT2D eigenvalue weighted by atomic mass is 79.9. The molecule has 32 heavy (non-hydrogen) atoms. The number of hydrogen-bond donors (Lipinski definition) is 1. The first-order valence-electron chi connectivity index (χ1n) is 10.5. The van der Waals surface area contributed by atoms with Crippen molar-refractivity contribution in [3.8, 4) is 22.9 Å². The number of nitrogens with one attached hydrogen (secondary N) is 1. The van der Waals surface area contributed by atoms with Gasteiger partial charge in [-0.15, -0.1) is 5.10 Å². The molecule has 9 heteroatoms. The molecule has 0 aliphatic heterocycles. The molecular weight excluding hydrogens is 474 g/mol. The molecule has 1 aliphatic rings. The maximum atomic E-state index is 12.8. The van der Waals surface area contributed by atoms with Crippen LogP contribution in [0.5, 0.6) is 11.5 Å². The molecule has 164 valence electrons. The fourth-order valence-corrected chi connectivity index (χ4v) is 4.32. The van der Waals surface area contributed by atoms with Crippen LogP contribution in [0.1, 0.15) is 31.2 Å². The average Bonchev–Trinajstić information content (AvgIpc) is 3.45. The number of fused-ring (bicyclic) bond motifs is 1. The first-order valence-corrected chi connectivity index (χ1v) is 11.3. The van der Waals surface area contributed by atoms with E-state index in [-0.39, 0.29) is 17.2 Å². The van der Waals surface area contributed by atoms with Crippen LogP contribution in [-0.4, -0.2) is 38.2 Å². The van der Waals surface area contributed by atoms with E-state index in [1.54, 1.807) is 11.8 Å². The highest BCUT2D eigenvalue weighted by molar-refractivity contribution is 9.10. The summed E-state index contributed by atoms with van der Waals surface area (Å²) in [6.45, 7) is 0.433. The molecule has 1 fully saturated rings. The van der Waals surface area contributed by atoms with Crippen molar-refractivity contribution in [2.45, 2.75) is 38.3 Å². The number of methoxy groups -OCH3 is 1. The molecule has 0 radical (unpaired) electrons. The predicted octanol–water partition coefficient (Wildman–Crippen LogP) is 4.32. The lowest BCUT2D eigenvalue weighted by molar-refractivity contribution is 0.211. The van der Waals surface area contributed by atoms with E-state index in [0.29, 0.717) is 23.8 Å². The summed E-state index contributed by atoms with van der Waals surface area (Å²) < 4.78 is 14.0. The number of ether oxygens (including phenoxy) is 2. The minimum absolute atomic E-state index is 0.181. The Balaban J connectivity index is 1.54. The third-order valence-corrected chi connectivity index (χ3v) is 6.15. The summed E-state index contributed by atoms with van der Waals surface area (Å²) in [6.07, 6.45) is 4.60. The summed E-state index contributed by atoms with van der Waals surface area (Å²) in [7, 11) is 1.63. The summed E-state index contributed by atoms with van der Waals surface area (Å²) in [6, 6.07) is 13.4. The van der Waals surface area contributed by atoms with Gasteiger partial charge in [-0.05, 0) is 61.6 Å². The van der Waals surface area contributed by atoms with Crippen LogP contribution in [0.25, 0.3) is 22.6 Å². The molecule has 2 aromatic heterocycles. The minimum atomic E-state index is -0.333. The first kappa shape index (κ1) is 20.7. The van der Waals surface area contributed by atoms with Crippen molar-refractivity contribution in [2.75, 3.05) is 7.11 Å². The first-order chi connectivity index (χ1) is 15.6. The molecule has 0 atom stereocenters. The number of benzene rings is 2. The smallest absolute Gasteiger partial charge is 0.281 e. The van der Waals surface area contributed by atoms with Crippen LogP contribution >= 0.6 is 15.9 Å². The van der Waals surface area contributed by atoms with E-state index in [4.69, 9.17) is 14.5 Å². The van der Waals surface area contributed by atoms with E-state index in [1.807, 2.05) is 42.5 Å². The lowest BCUT2D eigenvalue weighted by Crippen LogP contribution is -2.14. The maximum absolute atomic E-state index is 12.8. The standard InChI is InChI=1S/C23H22BrN5O3/c1-31-16-9-6-14(7-10-16)13-29-22-20(27-28-29)23(30)26-21(25-22)18-11-8-15(24)12-19(18)32-17-4-2-3-5-17/h6-12,17H,2-5,13H2,1H3,(H,25,26,30). The Labute approximate surface area is 192 Å². The molecule has 0 bridgehead atoms. The molecule has 1 N–H and O–H groups in total. The molecule has 0 unspecified atom stereocenters. The van der Waals surface area contributed by atoms with Crippen molar-refractivity contribution < 1.29 is 9.47 Å². The molecular formula is C23H22BrN5O3. The maximum Gasteiger partial charge on any atom is 0.281 e. The van der Waals surface area contributed by atoms with Gasteiger partial charge in [0.15, 0.2) is 11.2 Å². The minimum Gasteiger partial charge on any atom is -0.497 e. The molecule has 5 rings (SSSR count). The van der Waals surface area contributed by atoms with E-state index in [2.05, 4.69) is 31.2 Å². The Morgan fingerprint density at radius 2 is 1.94 bits per heavy atom. The zero-order chi connectivity index (χ0) is 22.1. The van der Waals surface area contributed by atoms with Crippen LogP contribution in [-0.2, 0) is 6.54 Å². The van der Waals surface area contributed by atoms with Crippen molar-refractivity contribution in [3.05, 3.63) is 62.9 Å². The largest absolute Gasteiger partial charge is 0.497 e. The number of nitrogens with zero attached hydrogens (tertiary/aromatic N) is 4. The summed E-state index contributed by atoms with van der Waals surface area (Å²) in [5.74, 6) is 1.91. The van der Waals surface area contributed by atoms with Crippen molar-refractivity contribution in [3.63, 3.8) is 0 Å². The number of aromatic nitrogens is 5. The number of aromatic amines is 1. The SMILES string of the molecule is COc1ccc(Cn2nnc3c(=O)[nH]c(-c4ccc(Br)cc4OC4CCCC4)nc32)cc1. The molecule has 4 aromatic rings. The van der Waals surface area contributed by atoms with Gasteiger partial charge in [-0.1, -0.05) is 33.3 Å². The van der Waals surface area contributed by atoms with E-state index < -0.39 is 0 Å². The number of hydrogen-bond acceptors (Lipinski definition) is 6. The van der Waals surface area contributed by atoms with Gasteiger partial charge in [0, 0.05) is 4.47 Å². The third-order valence-electron chi connectivity index (χ3n) is 5.66. The van der Waals surface area contributed by atoms with Crippen molar-refractivity contribution in [2.24, 2.45) is 0 Å². The van der Waals surface area contributed by atoms with Crippen molar-refractivity contribution in [1.29, 1.82) is 0 Å². The average molecular weight is 496 g/mol. The quantitative estimate of drug-likeness (QED) is 0.427. The Bertz CT molecular complexity index is 1310. The van der Waals surface area contributed by atoms with E-state index in [1.165, 1.54) is 12.8 Å². The van der Waals surface area contributed by atoms with Crippen LogP contribution < -0.4 is 15.0 Å². The summed E-state index contributed by atoms with van der Waals surface area (Å²) >= 11 is 3.52. The zero-order valence-electron chi connectivity index (χ0n) is 17.5. The van der Waals surface area contributed by atoms with Crippen LogP contribution in [0.3, 0.4) is 0 Å². The molecule has 1 saturated carbocycles. The van der Waals surface area contributed by atoms with Crippen molar-refractivity contribution >= 4 is 27.1 Å². The second-order valence-electron chi connectivity index (χ2n) is 7.85. The highest BCUT2D eigenvalue weighted by Crippen LogP contribution is 2.34. The molecule has 1 aliphatic carbocycles. The Hall–Kier alpha value is -3.20. The Morgan fingerprint density at radius 3 is 2.69 bits per heavy atom. The van der Waals surface area contributed by atoms with E-state index >= 15 is 0 Å². The number of rotatable bonds is 6.